The fraction of sp³-hybridized carbons (Fsp3) is 0.217. The van der Waals surface area contributed by atoms with Gasteiger partial charge < -0.3 is 24.9 Å². The summed E-state index contributed by atoms with van der Waals surface area (Å²) in [6, 6.07) is 10.5. The van der Waals surface area contributed by atoms with E-state index in [2.05, 4.69) is 24.2 Å². The van der Waals surface area contributed by atoms with Crippen LogP contribution >= 0.6 is 23.2 Å². The summed E-state index contributed by atoms with van der Waals surface area (Å²) >= 11 is 10.4. The number of benzene rings is 2. The number of aromatic nitrogens is 2. The van der Waals surface area contributed by atoms with Crippen molar-refractivity contribution in [2.75, 3.05) is 32.9 Å². The van der Waals surface area contributed by atoms with Gasteiger partial charge in [-0.3, -0.25) is 4.79 Å². The van der Waals surface area contributed by atoms with Crippen molar-refractivity contribution in [3.63, 3.8) is 0 Å². The first-order valence-corrected chi connectivity index (χ1v) is 10.9. The first kappa shape index (κ1) is 29.9. The third kappa shape index (κ3) is 8.26. The molecule has 0 saturated heterocycles. The smallest absolute Gasteiger partial charge is 0.339 e. The van der Waals surface area contributed by atoms with Gasteiger partial charge in [0.15, 0.2) is 0 Å². The first-order valence-electron chi connectivity index (χ1n) is 9.83. The van der Waals surface area contributed by atoms with Crippen LogP contribution in [0.15, 0.2) is 41.2 Å². The third-order valence-corrected chi connectivity index (χ3v) is 4.61. The summed E-state index contributed by atoms with van der Waals surface area (Å²) in [5.74, 6) is -0.942. The molecule has 13 heteroatoms. The molecule has 0 radical (unpaired) electrons. The van der Waals surface area contributed by atoms with Crippen LogP contribution in [0.1, 0.15) is 36.9 Å². The summed E-state index contributed by atoms with van der Waals surface area (Å²) in [5, 5.41) is 7.90. The standard InChI is InChI=1S/C11H9ClN2O3.C10H11NO4.C2H2ClN/c1-17-11(16)6-2-3-7-8(4-6)13-9(5-12)14-10(7)15;1-14-9(12)6-3-4-7(8(11)5-6)10(13)15-2;3-1-2-4/h2-4H,5H2,1H3,(H,13,14,15);3-5H,11H2,1-2H3;1H2. The van der Waals surface area contributed by atoms with Crippen molar-refractivity contribution in [3.8, 4) is 6.07 Å². The number of fused-ring (bicyclic) bond motifs is 1. The van der Waals surface area contributed by atoms with Gasteiger partial charge in [0.05, 0.1) is 60.9 Å². The molecule has 190 valence electrons. The number of esters is 3. The molecule has 0 saturated carbocycles. The normalized spacial score (nSPS) is 9.44. The number of hydrogen-bond acceptors (Lipinski definition) is 10. The number of ether oxygens (including phenoxy) is 3. The highest BCUT2D eigenvalue weighted by molar-refractivity contribution is 6.19. The zero-order valence-electron chi connectivity index (χ0n) is 19.5. The second-order valence-electron chi connectivity index (χ2n) is 6.45. The molecular formula is C23H22Cl2N4O7. The average molecular weight is 537 g/mol. The zero-order chi connectivity index (χ0) is 27.3. The molecule has 0 unspecified atom stereocenters. The number of nitriles is 1. The number of rotatable bonds is 4. The predicted octanol–water partition coefficient (Wildman–Crippen LogP) is 3.04. The lowest BCUT2D eigenvalue weighted by Gasteiger charge is -2.05. The number of anilines is 1. The van der Waals surface area contributed by atoms with Gasteiger partial charge in [0.1, 0.15) is 11.7 Å². The Balaban J connectivity index is 0.000000316. The summed E-state index contributed by atoms with van der Waals surface area (Å²) in [6.07, 6.45) is 0. The number of nitrogens with two attached hydrogens (primary N) is 1. The maximum absolute atomic E-state index is 11.6. The van der Waals surface area contributed by atoms with Gasteiger partial charge in [-0.2, -0.15) is 5.26 Å². The topological polar surface area (TPSA) is 174 Å². The zero-order valence-corrected chi connectivity index (χ0v) is 21.0. The van der Waals surface area contributed by atoms with Crippen molar-refractivity contribution in [2.24, 2.45) is 0 Å². The summed E-state index contributed by atoms with van der Waals surface area (Å²) in [4.78, 5) is 51.9. The minimum absolute atomic E-state index is 0.0972. The van der Waals surface area contributed by atoms with E-state index in [-0.39, 0.29) is 28.6 Å². The molecule has 2 aromatic carbocycles. The van der Waals surface area contributed by atoms with Crippen molar-refractivity contribution in [1.82, 2.24) is 9.97 Å². The van der Waals surface area contributed by atoms with Crippen LogP contribution < -0.4 is 11.3 Å². The lowest BCUT2D eigenvalue weighted by atomic mass is 10.1. The minimum atomic E-state index is -0.538. The van der Waals surface area contributed by atoms with Crippen LogP contribution in [0.2, 0.25) is 0 Å². The Kier molecular flexibility index (Phi) is 12.4. The quantitative estimate of drug-likeness (QED) is 0.218. The number of halogens is 2. The summed E-state index contributed by atoms with van der Waals surface area (Å²) in [6.45, 7) is 0. The number of methoxy groups -OCH3 is 3. The van der Waals surface area contributed by atoms with Gasteiger partial charge >= 0.3 is 17.9 Å². The monoisotopic (exact) mass is 536 g/mol. The lowest BCUT2D eigenvalue weighted by Crippen LogP contribution is -2.11. The van der Waals surface area contributed by atoms with E-state index in [0.29, 0.717) is 27.9 Å². The van der Waals surface area contributed by atoms with Crippen LogP contribution in [-0.4, -0.2) is 55.1 Å². The van der Waals surface area contributed by atoms with Crippen LogP contribution in [0.4, 0.5) is 5.69 Å². The molecule has 0 amide bonds. The van der Waals surface area contributed by atoms with Gasteiger partial charge in [-0.15, -0.1) is 23.2 Å². The number of nitrogens with zero attached hydrogens (tertiary/aromatic N) is 2. The molecule has 0 atom stereocenters. The summed E-state index contributed by atoms with van der Waals surface area (Å²) in [5.41, 5.74) is 6.78. The molecule has 3 rings (SSSR count). The minimum Gasteiger partial charge on any atom is -0.465 e. The highest BCUT2D eigenvalue weighted by atomic mass is 35.5. The molecular weight excluding hydrogens is 515 g/mol. The number of carbonyl (C=O) groups is 3. The van der Waals surface area contributed by atoms with Crippen LogP contribution in [0, 0.1) is 11.3 Å². The molecule has 0 aliphatic rings. The first-order chi connectivity index (χ1) is 17.2. The molecule has 3 N–H and O–H groups in total. The number of hydrogen-bond donors (Lipinski definition) is 2. The van der Waals surface area contributed by atoms with E-state index in [1.54, 1.807) is 6.07 Å². The van der Waals surface area contributed by atoms with Gasteiger partial charge in [-0.25, -0.2) is 19.4 Å². The average Bonchev–Trinajstić information content (AvgIpc) is 2.91. The molecule has 0 aliphatic heterocycles. The maximum Gasteiger partial charge on any atom is 0.339 e. The van der Waals surface area contributed by atoms with Crippen LogP contribution in [0.3, 0.4) is 0 Å². The van der Waals surface area contributed by atoms with Crippen molar-refractivity contribution in [2.45, 2.75) is 5.88 Å². The van der Waals surface area contributed by atoms with Crippen LogP contribution in [0.25, 0.3) is 10.9 Å². The number of H-pyrrole nitrogens is 1. The summed E-state index contributed by atoms with van der Waals surface area (Å²) in [7, 11) is 3.82. The largest absolute Gasteiger partial charge is 0.465 e. The van der Waals surface area contributed by atoms with E-state index < -0.39 is 17.9 Å². The molecule has 0 bridgehead atoms. The Hall–Kier alpha value is -4.14. The third-order valence-electron chi connectivity index (χ3n) is 4.24. The SMILES string of the molecule is COC(=O)c1ccc(C(=O)OC)c(N)c1.COC(=O)c1ccc2c(=O)[nH]c(CCl)nc2c1.N#CCCl. The Labute approximate surface area is 215 Å². The maximum atomic E-state index is 11.6. The van der Waals surface area contributed by atoms with Gasteiger partial charge in [0.2, 0.25) is 0 Å². The van der Waals surface area contributed by atoms with Gasteiger partial charge in [-0.05, 0) is 36.4 Å². The number of nitrogen functional groups attached to an aromatic ring is 1. The molecule has 1 aromatic heterocycles. The van der Waals surface area contributed by atoms with Gasteiger partial charge in [-0.1, -0.05) is 0 Å². The lowest BCUT2D eigenvalue weighted by molar-refractivity contribution is 0.0587. The number of carbonyl (C=O) groups excluding carboxylic acids is 3. The molecule has 36 heavy (non-hydrogen) atoms. The summed E-state index contributed by atoms with van der Waals surface area (Å²) < 4.78 is 13.6. The Morgan fingerprint density at radius 1 is 0.972 bits per heavy atom. The van der Waals surface area contributed by atoms with Crippen LogP contribution in [0.5, 0.6) is 0 Å². The van der Waals surface area contributed by atoms with Crippen molar-refractivity contribution >= 4 is 57.7 Å². The van der Waals surface area contributed by atoms with E-state index in [9.17, 15) is 19.2 Å². The van der Waals surface area contributed by atoms with E-state index in [1.165, 1.54) is 57.7 Å². The van der Waals surface area contributed by atoms with E-state index in [4.69, 9.17) is 34.2 Å². The predicted molar refractivity (Wildman–Crippen MR) is 133 cm³/mol. The Bertz CT molecular complexity index is 1340. The highest BCUT2D eigenvalue weighted by Gasteiger charge is 2.13. The molecule has 11 nitrogen and oxygen atoms in total. The Morgan fingerprint density at radius 2 is 1.50 bits per heavy atom. The van der Waals surface area contributed by atoms with E-state index >= 15 is 0 Å². The Morgan fingerprint density at radius 3 is 1.97 bits per heavy atom. The van der Waals surface area contributed by atoms with Crippen molar-refractivity contribution < 1.29 is 28.6 Å². The van der Waals surface area contributed by atoms with Gasteiger partial charge in [0, 0.05) is 5.69 Å². The van der Waals surface area contributed by atoms with Crippen molar-refractivity contribution in [3.05, 3.63) is 69.3 Å². The highest BCUT2D eigenvalue weighted by Crippen LogP contribution is 2.16. The van der Waals surface area contributed by atoms with Crippen LogP contribution in [-0.2, 0) is 20.1 Å². The number of nitrogens with one attached hydrogen (secondary N) is 1. The second kappa shape index (κ2) is 15.0. The van der Waals surface area contributed by atoms with Crippen molar-refractivity contribution in [1.29, 1.82) is 5.26 Å². The molecule has 1 heterocycles. The second-order valence-corrected chi connectivity index (χ2v) is 6.98. The molecule has 3 aromatic rings. The molecule has 0 aliphatic carbocycles. The number of alkyl halides is 2. The molecule has 0 spiro atoms. The molecule has 0 fully saturated rings. The van der Waals surface area contributed by atoms with Gasteiger partial charge in [0.25, 0.3) is 5.56 Å². The fourth-order valence-corrected chi connectivity index (χ4v) is 2.73. The van der Waals surface area contributed by atoms with E-state index in [1.807, 2.05) is 0 Å². The van der Waals surface area contributed by atoms with E-state index in [0.717, 1.165) is 0 Å². The number of aromatic amines is 1. The fourth-order valence-electron chi connectivity index (χ4n) is 2.60.